The van der Waals surface area contributed by atoms with Gasteiger partial charge in [-0.2, -0.15) is 0 Å². The van der Waals surface area contributed by atoms with Gasteiger partial charge in [-0.15, -0.1) is 0 Å². The Morgan fingerprint density at radius 2 is 1.18 bits per heavy atom. The molecule has 2 heteroatoms. The second kappa shape index (κ2) is 14.5. The van der Waals surface area contributed by atoms with Crippen LogP contribution < -0.4 is 0 Å². The van der Waals surface area contributed by atoms with Crippen LogP contribution in [0.15, 0.2) is 0 Å². The van der Waals surface area contributed by atoms with E-state index < -0.39 is 0 Å². The van der Waals surface area contributed by atoms with E-state index in [4.69, 9.17) is 9.47 Å². The van der Waals surface area contributed by atoms with Gasteiger partial charge in [0.05, 0.1) is 0 Å². The average molecular weight is 315 g/mol. The minimum Gasteiger partial charge on any atom is -0.350 e. The third kappa shape index (κ3) is 11.5. The zero-order chi connectivity index (χ0) is 16.7. The summed E-state index contributed by atoms with van der Waals surface area (Å²) < 4.78 is 12.4. The molecule has 0 bridgehead atoms. The summed E-state index contributed by atoms with van der Waals surface area (Å²) in [4.78, 5) is 0. The van der Waals surface area contributed by atoms with Crippen molar-refractivity contribution in [3.05, 3.63) is 0 Å². The van der Waals surface area contributed by atoms with Gasteiger partial charge in [0.1, 0.15) is 0 Å². The van der Waals surface area contributed by atoms with E-state index >= 15 is 0 Å². The summed E-state index contributed by atoms with van der Waals surface area (Å²) in [6, 6.07) is 0. The van der Waals surface area contributed by atoms with E-state index in [0.29, 0.717) is 5.92 Å². The number of hydrogen-bond donors (Lipinski definition) is 0. The Kier molecular flexibility index (Phi) is 14.5. The highest BCUT2D eigenvalue weighted by Gasteiger charge is 2.32. The molecule has 0 saturated heterocycles. The third-order valence-corrected chi connectivity index (χ3v) is 4.02. The van der Waals surface area contributed by atoms with Crippen molar-refractivity contribution in [1.29, 1.82) is 0 Å². The Morgan fingerprint density at radius 1 is 0.682 bits per heavy atom. The van der Waals surface area contributed by atoms with E-state index in [2.05, 4.69) is 34.6 Å². The summed E-state index contributed by atoms with van der Waals surface area (Å²) in [6.45, 7) is 12.8. The lowest BCUT2D eigenvalue weighted by Crippen LogP contribution is -2.38. The molecule has 134 valence electrons. The van der Waals surface area contributed by atoms with Gasteiger partial charge in [-0.25, -0.2) is 0 Å². The highest BCUT2D eigenvalue weighted by molar-refractivity contribution is 4.73. The summed E-state index contributed by atoms with van der Waals surface area (Å²) >= 11 is 0. The maximum Gasteiger partial charge on any atom is 0.168 e. The maximum atomic E-state index is 6.21. The van der Waals surface area contributed by atoms with Crippen molar-refractivity contribution in [2.75, 3.05) is 13.2 Å². The summed E-state index contributed by atoms with van der Waals surface area (Å²) in [7, 11) is 0. The van der Waals surface area contributed by atoms with Gasteiger partial charge in [-0.3, -0.25) is 0 Å². The number of unbranched alkanes of at least 4 members (excludes halogenated alkanes) is 6. The van der Waals surface area contributed by atoms with Crippen molar-refractivity contribution in [3.8, 4) is 0 Å². The molecule has 0 aliphatic carbocycles. The van der Waals surface area contributed by atoms with Crippen LogP contribution in [0.4, 0.5) is 0 Å². The van der Waals surface area contributed by atoms with E-state index in [1.165, 1.54) is 44.9 Å². The van der Waals surface area contributed by atoms with Gasteiger partial charge >= 0.3 is 0 Å². The van der Waals surface area contributed by atoms with Crippen molar-refractivity contribution in [2.24, 2.45) is 5.92 Å². The molecule has 2 nitrogen and oxygen atoms in total. The van der Waals surface area contributed by atoms with E-state index in [0.717, 1.165) is 38.9 Å². The van der Waals surface area contributed by atoms with Gasteiger partial charge in [0.2, 0.25) is 0 Å². The van der Waals surface area contributed by atoms with Gasteiger partial charge in [-0.05, 0) is 25.2 Å². The Morgan fingerprint density at radius 3 is 1.64 bits per heavy atom. The smallest absolute Gasteiger partial charge is 0.168 e. The standard InChI is InChI=1S/C20H42O2/c1-6-9-10-11-12-13-14-15-20(18-19(4)5,21-16-7-2)22-17-8-3/h19H,6-18H2,1-5H3. The van der Waals surface area contributed by atoms with E-state index in [-0.39, 0.29) is 5.79 Å². The molecule has 0 aliphatic rings. The molecule has 0 unspecified atom stereocenters. The largest absolute Gasteiger partial charge is 0.350 e. The lowest BCUT2D eigenvalue weighted by molar-refractivity contribution is -0.250. The topological polar surface area (TPSA) is 18.5 Å². The number of hydrogen-bond acceptors (Lipinski definition) is 2. The predicted molar refractivity (Wildman–Crippen MR) is 97.3 cm³/mol. The second-order valence-electron chi connectivity index (χ2n) is 7.08. The van der Waals surface area contributed by atoms with Crippen LogP contribution >= 0.6 is 0 Å². The Hall–Kier alpha value is -0.0800. The first-order valence-electron chi connectivity index (χ1n) is 9.88. The molecular formula is C20H42O2. The van der Waals surface area contributed by atoms with Gasteiger partial charge < -0.3 is 9.47 Å². The van der Waals surface area contributed by atoms with Crippen molar-refractivity contribution in [2.45, 2.75) is 111 Å². The fraction of sp³-hybridized carbons (Fsp3) is 1.00. The van der Waals surface area contributed by atoms with Gasteiger partial charge in [0, 0.05) is 26.1 Å². The fourth-order valence-corrected chi connectivity index (χ4v) is 2.96. The minimum absolute atomic E-state index is 0.330. The SMILES string of the molecule is CCCCCCCCCC(CC(C)C)(OCCC)OCCC. The molecule has 0 rings (SSSR count). The van der Waals surface area contributed by atoms with Gasteiger partial charge in [-0.1, -0.05) is 73.1 Å². The quantitative estimate of drug-likeness (QED) is 0.232. The first kappa shape index (κ1) is 21.9. The zero-order valence-electron chi connectivity index (χ0n) is 16.1. The molecule has 0 aromatic heterocycles. The molecule has 0 amide bonds. The van der Waals surface area contributed by atoms with Crippen molar-refractivity contribution in [3.63, 3.8) is 0 Å². The molecule has 0 spiro atoms. The van der Waals surface area contributed by atoms with E-state index in [1.807, 2.05) is 0 Å². The monoisotopic (exact) mass is 314 g/mol. The molecule has 0 fully saturated rings. The van der Waals surface area contributed by atoms with Crippen LogP contribution in [-0.4, -0.2) is 19.0 Å². The fourth-order valence-electron chi connectivity index (χ4n) is 2.96. The molecule has 0 aliphatic heterocycles. The van der Waals surface area contributed by atoms with Gasteiger partial charge in [0.15, 0.2) is 5.79 Å². The van der Waals surface area contributed by atoms with Crippen LogP contribution in [0.1, 0.15) is 105 Å². The molecule has 0 saturated carbocycles. The zero-order valence-corrected chi connectivity index (χ0v) is 16.1. The third-order valence-electron chi connectivity index (χ3n) is 4.02. The molecule has 0 atom stereocenters. The molecule has 0 N–H and O–H groups in total. The van der Waals surface area contributed by atoms with E-state index in [1.54, 1.807) is 0 Å². The Labute approximate surface area is 140 Å². The molecule has 0 aromatic rings. The van der Waals surface area contributed by atoms with E-state index in [9.17, 15) is 0 Å². The predicted octanol–water partition coefficient (Wildman–Crippen LogP) is 6.72. The lowest BCUT2D eigenvalue weighted by Gasteiger charge is -2.35. The number of ether oxygens (including phenoxy) is 2. The first-order chi connectivity index (χ1) is 10.6. The highest BCUT2D eigenvalue weighted by atomic mass is 16.7. The minimum atomic E-state index is -0.330. The average Bonchev–Trinajstić information content (AvgIpc) is 2.49. The number of rotatable bonds is 16. The Bertz CT molecular complexity index is 218. The van der Waals surface area contributed by atoms with Crippen LogP contribution in [0.25, 0.3) is 0 Å². The van der Waals surface area contributed by atoms with Crippen LogP contribution in [0.3, 0.4) is 0 Å². The molecule has 22 heavy (non-hydrogen) atoms. The van der Waals surface area contributed by atoms with Crippen LogP contribution in [0.5, 0.6) is 0 Å². The Balaban J connectivity index is 4.28. The lowest BCUT2D eigenvalue weighted by atomic mass is 9.96. The van der Waals surface area contributed by atoms with Gasteiger partial charge in [0.25, 0.3) is 0 Å². The van der Waals surface area contributed by atoms with Crippen LogP contribution in [0, 0.1) is 5.92 Å². The van der Waals surface area contributed by atoms with Crippen molar-refractivity contribution in [1.82, 2.24) is 0 Å². The molecular weight excluding hydrogens is 272 g/mol. The summed E-state index contributed by atoms with van der Waals surface area (Å²) in [5.41, 5.74) is 0. The molecule has 0 aromatic carbocycles. The summed E-state index contributed by atoms with van der Waals surface area (Å²) in [5, 5.41) is 0. The molecule has 0 radical (unpaired) electrons. The van der Waals surface area contributed by atoms with Crippen molar-refractivity contribution < 1.29 is 9.47 Å². The molecule has 0 heterocycles. The van der Waals surface area contributed by atoms with Crippen LogP contribution in [0.2, 0.25) is 0 Å². The summed E-state index contributed by atoms with van der Waals surface area (Å²) in [6.07, 6.45) is 13.6. The van der Waals surface area contributed by atoms with Crippen molar-refractivity contribution >= 4 is 0 Å². The summed E-state index contributed by atoms with van der Waals surface area (Å²) in [5.74, 6) is 0.280. The maximum absolute atomic E-state index is 6.21. The van der Waals surface area contributed by atoms with Crippen LogP contribution in [-0.2, 0) is 9.47 Å². The second-order valence-corrected chi connectivity index (χ2v) is 7.08. The first-order valence-corrected chi connectivity index (χ1v) is 9.88. The normalized spacial score (nSPS) is 12.3. The highest BCUT2D eigenvalue weighted by Crippen LogP contribution is 2.30.